The molecule has 1 aliphatic rings. The maximum atomic E-state index is 10.4. The molecule has 0 radical (unpaired) electrons. The van der Waals surface area contributed by atoms with Gasteiger partial charge in [-0.1, -0.05) is 0 Å². The predicted octanol–water partition coefficient (Wildman–Crippen LogP) is -0.628. The molecule has 0 aromatic heterocycles. The van der Waals surface area contributed by atoms with E-state index in [9.17, 15) is 8.42 Å². The third-order valence-electron chi connectivity index (χ3n) is 1.91. The Hall–Kier alpha value is -0.170. The van der Waals surface area contributed by atoms with E-state index in [-0.39, 0.29) is 18.9 Å². The number of ether oxygens (including phenoxy) is 1. The molecule has 1 rings (SSSR count). The first kappa shape index (κ1) is 8.92. The average Bonchev–Trinajstić information content (AvgIpc) is 1.78. The Balaban J connectivity index is 2.64. The highest BCUT2D eigenvalue weighted by Gasteiger charge is 2.52. The summed E-state index contributed by atoms with van der Waals surface area (Å²) in [6, 6.07) is 0. The first-order valence-electron chi connectivity index (χ1n) is 3.11. The molecule has 2 N–H and O–H groups in total. The SMILES string of the molecule is COC1CC(O)(S(=O)(=O)O)C1. The standard InChI is InChI=1S/C5H10O5S/c1-10-4-2-5(6,3-4)11(7,8)9/h4,6H,2-3H2,1H3,(H,7,8,9). The van der Waals surface area contributed by atoms with Gasteiger partial charge in [0.05, 0.1) is 6.10 Å². The molecule has 5 nitrogen and oxygen atoms in total. The van der Waals surface area contributed by atoms with Crippen LogP contribution in [0, 0.1) is 0 Å². The fourth-order valence-electron chi connectivity index (χ4n) is 1.03. The van der Waals surface area contributed by atoms with Gasteiger partial charge in [0.2, 0.25) is 0 Å². The molecule has 0 aliphatic heterocycles. The number of hydrogen-bond acceptors (Lipinski definition) is 4. The predicted molar refractivity (Wildman–Crippen MR) is 36.5 cm³/mol. The van der Waals surface area contributed by atoms with E-state index in [0.29, 0.717) is 0 Å². The summed E-state index contributed by atoms with van der Waals surface area (Å²) in [5.41, 5.74) is 0. The number of methoxy groups -OCH3 is 1. The molecule has 0 spiro atoms. The van der Waals surface area contributed by atoms with Gasteiger partial charge in [0.15, 0.2) is 4.93 Å². The van der Waals surface area contributed by atoms with Crippen LogP contribution in [0.2, 0.25) is 0 Å². The molecule has 0 heterocycles. The third kappa shape index (κ3) is 1.39. The quantitative estimate of drug-likeness (QED) is 0.555. The summed E-state index contributed by atoms with van der Waals surface area (Å²) in [6.45, 7) is 0. The number of hydrogen-bond donors (Lipinski definition) is 2. The van der Waals surface area contributed by atoms with E-state index in [2.05, 4.69) is 0 Å². The molecule has 0 bridgehead atoms. The van der Waals surface area contributed by atoms with Crippen molar-refractivity contribution >= 4 is 10.1 Å². The summed E-state index contributed by atoms with van der Waals surface area (Å²) in [7, 11) is -2.91. The normalized spacial score (nSPS) is 38.3. The second-order valence-electron chi connectivity index (χ2n) is 2.69. The van der Waals surface area contributed by atoms with Crippen LogP contribution >= 0.6 is 0 Å². The summed E-state index contributed by atoms with van der Waals surface area (Å²) in [4.78, 5) is -1.96. The zero-order valence-corrected chi connectivity index (χ0v) is 6.84. The smallest absolute Gasteiger partial charge is 0.295 e. The Bertz CT molecular complexity index is 238. The van der Waals surface area contributed by atoms with Crippen molar-refractivity contribution in [1.29, 1.82) is 0 Å². The summed E-state index contributed by atoms with van der Waals surface area (Å²) in [6.07, 6.45) is -0.369. The van der Waals surface area contributed by atoms with Gasteiger partial charge >= 0.3 is 0 Å². The van der Waals surface area contributed by atoms with Crippen LogP contribution in [0.3, 0.4) is 0 Å². The number of rotatable bonds is 2. The van der Waals surface area contributed by atoms with Crippen molar-refractivity contribution in [3.63, 3.8) is 0 Å². The number of aliphatic hydroxyl groups is 1. The van der Waals surface area contributed by atoms with Gasteiger partial charge in [-0.05, 0) is 0 Å². The molecule has 66 valence electrons. The molecule has 6 heteroatoms. The highest BCUT2D eigenvalue weighted by molar-refractivity contribution is 7.87. The van der Waals surface area contributed by atoms with Gasteiger partial charge < -0.3 is 9.84 Å². The van der Waals surface area contributed by atoms with Crippen LogP contribution in [0.4, 0.5) is 0 Å². The second-order valence-corrected chi connectivity index (χ2v) is 4.40. The Morgan fingerprint density at radius 2 is 2.00 bits per heavy atom. The minimum Gasteiger partial charge on any atom is -0.381 e. The molecule has 1 fully saturated rings. The molecule has 0 aromatic rings. The van der Waals surface area contributed by atoms with E-state index in [1.807, 2.05) is 0 Å². The molecule has 1 aliphatic carbocycles. The summed E-state index contributed by atoms with van der Waals surface area (Å²) >= 11 is 0. The van der Waals surface area contributed by atoms with Crippen LogP contribution in [-0.2, 0) is 14.9 Å². The van der Waals surface area contributed by atoms with Crippen molar-refractivity contribution < 1.29 is 22.8 Å². The molecule has 1 saturated carbocycles. The monoisotopic (exact) mass is 182 g/mol. The summed E-state index contributed by atoms with van der Waals surface area (Å²) in [5.74, 6) is 0. The van der Waals surface area contributed by atoms with E-state index >= 15 is 0 Å². The molecule has 0 atom stereocenters. The van der Waals surface area contributed by atoms with Crippen LogP contribution in [0.1, 0.15) is 12.8 Å². The second kappa shape index (κ2) is 2.41. The van der Waals surface area contributed by atoms with Crippen molar-refractivity contribution in [2.24, 2.45) is 0 Å². The van der Waals surface area contributed by atoms with Gasteiger partial charge in [-0.3, -0.25) is 4.55 Å². The summed E-state index contributed by atoms with van der Waals surface area (Å²) in [5, 5.41) is 9.13. The first-order valence-corrected chi connectivity index (χ1v) is 4.55. The Morgan fingerprint density at radius 1 is 1.55 bits per heavy atom. The van der Waals surface area contributed by atoms with E-state index in [1.54, 1.807) is 0 Å². The molecule has 0 saturated heterocycles. The van der Waals surface area contributed by atoms with E-state index in [0.717, 1.165) is 0 Å². The van der Waals surface area contributed by atoms with Crippen molar-refractivity contribution in [1.82, 2.24) is 0 Å². The Morgan fingerprint density at radius 3 is 2.27 bits per heavy atom. The van der Waals surface area contributed by atoms with Crippen LogP contribution in [-0.4, -0.2) is 36.2 Å². The Kier molecular flexibility index (Phi) is 1.96. The maximum absolute atomic E-state index is 10.4. The van der Waals surface area contributed by atoms with Crippen LogP contribution in [0.5, 0.6) is 0 Å². The lowest BCUT2D eigenvalue weighted by molar-refractivity contribution is -0.0801. The molecule has 0 amide bonds. The lowest BCUT2D eigenvalue weighted by Gasteiger charge is -2.39. The molecular weight excluding hydrogens is 172 g/mol. The highest BCUT2D eigenvalue weighted by atomic mass is 32.2. The first-order chi connectivity index (χ1) is 4.89. The van der Waals surface area contributed by atoms with E-state index in [1.165, 1.54) is 7.11 Å². The van der Waals surface area contributed by atoms with Gasteiger partial charge in [0.1, 0.15) is 0 Å². The van der Waals surface area contributed by atoms with Crippen molar-refractivity contribution in [3.8, 4) is 0 Å². The highest BCUT2D eigenvalue weighted by Crippen LogP contribution is 2.37. The van der Waals surface area contributed by atoms with E-state index < -0.39 is 15.1 Å². The van der Waals surface area contributed by atoms with Gasteiger partial charge in [0.25, 0.3) is 10.1 Å². The van der Waals surface area contributed by atoms with Gasteiger partial charge in [-0.15, -0.1) is 0 Å². The minimum atomic E-state index is -4.33. The van der Waals surface area contributed by atoms with Crippen molar-refractivity contribution in [2.75, 3.05) is 7.11 Å². The lowest BCUT2D eigenvalue weighted by Crippen LogP contribution is -2.53. The topological polar surface area (TPSA) is 83.8 Å². The van der Waals surface area contributed by atoms with Crippen molar-refractivity contribution in [3.05, 3.63) is 0 Å². The fourth-order valence-corrected chi connectivity index (χ4v) is 1.82. The Labute approximate surface area is 64.7 Å². The van der Waals surface area contributed by atoms with Gasteiger partial charge in [0, 0.05) is 20.0 Å². The van der Waals surface area contributed by atoms with Crippen molar-refractivity contribution in [2.45, 2.75) is 23.9 Å². The summed E-state index contributed by atoms with van der Waals surface area (Å²) < 4.78 is 34.1. The largest absolute Gasteiger partial charge is 0.381 e. The molecule has 11 heavy (non-hydrogen) atoms. The third-order valence-corrected chi connectivity index (χ3v) is 3.20. The molecule has 0 aromatic carbocycles. The van der Waals surface area contributed by atoms with Crippen LogP contribution < -0.4 is 0 Å². The van der Waals surface area contributed by atoms with E-state index in [4.69, 9.17) is 14.4 Å². The maximum Gasteiger partial charge on any atom is 0.295 e. The fraction of sp³-hybridized carbons (Fsp3) is 1.00. The zero-order valence-electron chi connectivity index (χ0n) is 6.02. The van der Waals surface area contributed by atoms with Gasteiger partial charge in [-0.2, -0.15) is 8.42 Å². The van der Waals surface area contributed by atoms with Crippen LogP contribution in [0.15, 0.2) is 0 Å². The molecular formula is C5H10O5S. The lowest BCUT2D eigenvalue weighted by atomic mass is 9.91. The van der Waals surface area contributed by atoms with Gasteiger partial charge in [-0.25, -0.2) is 0 Å². The average molecular weight is 182 g/mol. The minimum absolute atomic E-state index is 0.0532. The molecule has 0 unspecified atom stereocenters. The zero-order chi connectivity index (χ0) is 8.70. The van der Waals surface area contributed by atoms with Crippen LogP contribution in [0.25, 0.3) is 0 Å².